The van der Waals surface area contributed by atoms with Crippen molar-refractivity contribution in [3.8, 4) is 5.75 Å². The maximum absolute atomic E-state index is 9.19. The summed E-state index contributed by atoms with van der Waals surface area (Å²) in [4.78, 5) is 0. The Hall–Kier alpha value is -1.50. The van der Waals surface area contributed by atoms with Crippen LogP contribution in [0, 0.1) is 0 Å². The fraction of sp³-hybridized carbons (Fsp3) is 0.0909. The van der Waals surface area contributed by atoms with Crippen LogP contribution >= 0.6 is 0 Å². The van der Waals surface area contributed by atoms with Gasteiger partial charge in [0.15, 0.2) is 0 Å². The normalized spacial score (nSPS) is 13.4. The number of aromatic hydroxyl groups is 1. The molecule has 1 N–H and O–H groups in total. The second-order valence-electron chi connectivity index (χ2n) is 2.50. The Morgan fingerprint density at radius 1 is 1.33 bits per heavy atom. The topological polar surface area (TPSA) is 20.2 Å². The smallest absolute Gasteiger partial charge is 0.116 e. The van der Waals surface area contributed by atoms with Gasteiger partial charge in [0, 0.05) is 0 Å². The number of phenols is 1. The zero-order chi connectivity index (χ0) is 8.97. The van der Waals surface area contributed by atoms with E-state index < -0.39 is 0 Å². The minimum Gasteiger partial charge on any atom is -0.508 e. The summed E-state index contributed by atoms with van der Waals surface area (Å²) < 4.78 is 0. The summed E-state index contributed by atoms with van der Waals surface area (Å²) in [7, 11) is 0. The molecule has 0 aromatic heterocycles. The van der Waals surface area contributed by atoms with Crippen LogP contribution in [0.25, 0.3) is 12.2 Å². The molecule has 0 saturated carbocycles. The van der Waals surface area contributed by atoms with E-state index in [1.807, 2.05) is 25.1 Å². The van der Waals surface area contributed by atoms with E-state index in [0.717, 1.165) is 10.4 Å². The van der Waals surface area contributed by atoms with E-state index >= 15 is 0 Å². The molecule has 0 fully saturated rings. The van der Waals surface area contributed by atoms with E-state index in [1.165, 1.54) is 0 Å². The second-order valence-corrected chi connectivity index (χ2v) is 2.50. The van der Waals surface area contributed by atoms with Crippen LogP contribution in [0.5, 0.6) is 5.75 Å². The van der Waals surface area contributed by atoms with Crippen molar-refractivity contribution in [2.75, 3.05) is 0 Å². The molecule has 1 rings (SSSR count). The van der Waals surface area contributed by atoms with Gasteiger partial charge in [-0.15, -0.1) is 0 Å². The monoisotopic (exact) mass is 160 g/mol. The Labute approximate surface area is 72.0 Å². The van der Waals surface area contributed by atoms with Crippen LogP contribution < -0.4 is 10.4 Å². The van der Waals surface area contributed by atoms with Crippen molar-refractivity contribution in [2.45, 2.75) is 6.92 Å². The molecule has 0 atom stereocenters. The summed E-state index contributed by atoms with van der Waals surface area (Å²) in [5, 5.41) is 11.3. The Morgan fingerprint density at radius 3 is 2.67 bits per heavy atom. The molecule has 1 heteroatoms. The predicted molar refractivity (Wildman–Crippen MR) is 52.2 cm³/mol. The summed E-state index contributed by atoms with van der Waals surface area (Å²) in [6, 6.07) is 5.28. The minimum absolute atomic E-state index is 0.286. The van der Waals surface area contributed by atoms with Gasteiger partial charge in [0.05, 0.1) is 0 Å². The molecular weight excluding hydrogens is 148 g/mol. The lowest BCUT2D eigenvalue weighted by Crippen LogP contribution is -2.22. The molecule has 0 spiro atoms. The van der Waals surface area contributed by atoms with Crippen LogP contribution in [0.15, 0.2) is 30.9 Å². The van der Waals surface area contributed by atoms with E-state index in [4.69, 9.17) is 0 Å². The molecule has 0 unspecified atom stereocenters. The Morgan fingerprint density at radius 2 is 2.08 bits per heavy atom. The van der Waals surface area contributed by atoms with Gasteiger partial charge >= 0.3 is 0 Å². The van der Waals surface area contributed by atoms with Crippen LogP contribution in [0.4, 0.5) is 0 Å². The van der Waals surface area contributed by atoms with Gasteiger partial charge in [-0.05, 0) is 29.5 Å². The molecule has 1 aromatic carbocycles. The van der Waals surface area contributed by atoms with Crippen molar-refractivity contribution in [1.82, 2.24) is 0 Å². The fourth-order valence-electron chi connectivity index (χ4n) is 1.10. The third kappa shape index (κ3) is 1.76. The number of allylic oxidation sites excluding steroid dienone is 1. The average molecular weight is 160 g/mol. The number of hydrogen-bond acceptors (Lipinski definition) is 1. The summed E-state index contributed by atoms with van der Waals surface area (Å²) in [5.41, 5.74) is 0. The van der Waals surface area contributed by atoms with Gasteiger partial charge in [-0.25, -0.2) is 0 Å². The van der Waals surface area contributed by atoms with Crippen molar-refractivity contribution >= 4 is 12.2 Å². The van der Waals surface area contributed by atoms with Crippen LogP contribution in [0.3, 0.4) is 0 Å². The molecule has 62 valence electrons. The van der Waals surface area contributed by atoms with Crippen molar-refractivity contribution in [1.29, 1.82) is 0 Å². The number of rotatable bonds is 1. The van der Waals surface area contributed by atoms with E-state index in [9.17, 15) is 5.11 Å². The lowest BCUT2D eigenvalue weighted by Gasteiger charge is -1.91. The van der Waals surface area contributed by atoms with Gasteiger partial charge < -0.3 is 5.11 Å². The molecule has 0 saturated heterocycles. The largest absolute Gasteiger partial charge is 0.508 e. The lowest BCUT2D eigenvalue weighted by molar-refractivity contribution is 0.474. The molecule has 0 heterocycles. The molecule has 0 amide bonds. The molecular formula is C11H12O. The standard InChI is InChI=1S/C11H12O/c1-3-5-10-8-11(12)7-6-9(10)4-2/h3-8,12H,1H2,2H3/b9-4-,10-5-. The molecule has 1 aromatic rings. The third-order valence-corrected chi connectivity index (χ3v) is 1.68. The highest BCUT2D eigenvalue weighted by Crippen LogP contribution is 1.97. The van der Waals surface area contributed by atoms with Crippen molar-refractivity contribution in [2.24, 2.45) is 0 Å². The molecule has 0 bridgehead atoms. The van der Waals surface area contributed by atoms with Crippen LogP contribution in [-0.4, -0.2) is 5.11 Å². The fourth-order valence-corrected chi connectivity index (χ4v) is 1.10. The van der Waals surface area contributed by atoms with Crippen molar-refractivity contribution in [3.05, 3.63) is 41.3 Å². The highest BCUT2D eigenvalue weighted by Gasteiger charge is 1.86. The molecule has 0 aliphatic heterocycles. The number of hydrogen-bond donors (Lipinski definition) is 1. The Bertz CT molecular complexity index is 388. The van der Waals surface area contributed by atoms with Crippen molar-refractivity contribution < 1.29 is 5.11 Å². The highest BCUT2D eigenvalue weighted by molar-refractivity contribution is 5.40. The number of benzene rings is 1. The van der Waals surface area contributed by atoms with Gasteiger partial charge in [-0.1, -0.05) is 30.9 Å². The van der Waals surface area contributed by atoms with E-state index in [1.54, 1.807) is 18.2 Å². The Kier molecular flexibility index (Phi) is 2.70. The summed E-state index contributed by atoms with van der Waals surface area (Å²) in [6.07, 6.45) is 5.58. The quantitative estimate of drug-likeness (QED) is 0.653. The second kappa shape index (κ2) is 3.77. The first-order valence-electron chi connectivity index (χ1n) is 3.86. The first kappa shape index (κ1) is 8.60. The molecule has 0 aliphatic carbocycles. The van der Waals surface area contributed by atoms with Gasteiger partial charge in [-0.2, -0.15) is 0 Å². The molecule has 0 radical (unpaired) electrons. The summed E-state index contributed by atoms with van der Waals surface area (Å²) in [5.74, 6) is 0.286. The molecule has 1 nitrogen and oxygen atoms in total. The molecule has 0 aliphatic rings. The van der Waals surface area contributed by atoms with Crippen LogP contribution in [-0.2, 0) is 0 Å². The third-order valence-electron chi connectivity index (χ3n) is 1.68. The maximum atomic E-state index is 9.19. The molecule has 12 heavy (non-hydrogen) atoms. The summed E-state index contributed by atoms with van der Waals surface area (Å²) >= 11 is 0. The minimum atomic E-state index is 0.286. The highest BCUT2D eigenvalue weighted by atomic mass is 16.3. The summed E-state index contributed by atoms with van der Waals surface area (Å²) in [6.45, 7) is 5.58. The lowest BCUT2D eigenvalue weighted by atomic mass is 10.2. The SMILES string of the molecule is C=C/C=c1/cc(O)cc/c1=C/C. The first-order chi connectivity index (χ1) is 5.77. The van der Waals surface area contributed by atoms with E-state index in [-0.39, 0.29) is 5.75 Å². The van der Waals surface area contributed by atoms with E-state index in [2.05, 4.69) is 6.58 Å². The van der Waals surface area contributed by atoms with Gasteiger partial charge in [0.1, 0.15) is 5.75 Å². The first-order valence-corrected chi connectivity index (χ1v) is 3.86. The number of phenolic OH excluding ortho intramolecular Hbond substituents is 1. The zero-order valence-electron chi connectivity index (χ0n) is 7.12. The van der Waals surface area contributed by atoms with Crippen LogP contribution in [0.1, 0.15) is 6.92 Å². The van der Waals surface area contributed by atoms with Crippen molar-refractivity contribution in [3.63, 3.8) is 0 Å². The average Bonchev–Trinajstić information content (AvgIpc) is 2.05. The van der Waals surface area contributed by atoms with Gasteiger partial charge in [-0.3, -0.25) is 0 Å². The zero-order valence-corrected chi connectivity index (χ0v) is 7.12. The van der Waals surface area contributed by atoms with Gasteiger partial charge in [0.25, 0.3) is 0 Å². The Balaban J connectivity index is 3.53. The maximum Gasteiger partial charge on any atom is 0.116 e. The van der Waals surface area contributed by atoms with Crippen LogP contribution in [0.2, 0.25) is 0 Å². The van der Waals surface area contributed by atoms with E-state index in [0.29, 0.717) is 0 Å². The van der Waals surface area contributed by atoms with Gasteiger partial charge in [0.2, 0.25) is 0 Å². The predicted octanol–water partition coefficient (Wildman–Crippen LogP) is 1.16.